The van der Waals surface area contributed by atoms with Gasteiger partial charge in [-0.25, -0.2) is 8.78 Å². The highest BCUT2D eigenvalue weighted by Gasteiger charge is 2.09. The van der Waals surface area contributed by atoms with Crippen LogP contribution < -0.4 is 4.74 Å². The standard InChI is InChI=1S/C9H10F2O/c1-6-5-7(12-2)3-4-8(6)9(10)11/h3-5,9H,1-2H3. The van der Waals surface area contributed by atoms with Gasteiger partial charge in [0, 0.05) is 5.56 Å². The Bertz CT molecular complexity index is 271. The van der Waals surface area contributed by atoms with E-state index in [4.69, 9.17) is 4.74 Å². The lowest BCUT2D eigenvalue weighted by Gasteiger charge is -2.06. The molecule has 0 N–H and O–H groups in total. The minimum Gasteiger partial charge on any atom is -0.497 e. The summed E-state index contributed by atoms with van der Waals surface area (Å²) in [5.41, 5.74) is 0.625. The summed E-state index contributed by atoms with van der Waals surface area (Å²) in [7, 11) is 1.51. The molecule has 1 aromatic carbocycles. The molecule has 0 unspecified atom stereocenters. The fourth-order valence-corrected chi connectivity index (χ4v) is 1.02. The maximum Gasteiger partial charge on any atom is 0.264 e. The number of alkyl halides is 2. The molecule has 3 heteroatoms. The lowest BCUT2D eigenvalue weighted by atomic mass is 10.1. The van der Waals surface area contributed by atoms with E-state index in [0.717, 1.165) is 0 Å². The van der Waals surface area contributed by atoms with E-state index >= 15 is 0 Å². The van der Waals surface area contributed by atoms with E-state index in [1.165, 1.54) is 19.2 Å². The van der Waals surface area contributed by atoms with Crippen LogP contribution in [0.3, 0.4) is 0 Å². The van der Waals surface area contributed by atoms with Crippen molar-refractivity contribution in [3.05, 3.63) is 29.3 Å². The van der Waals surface area contributed by atoms with Gasteiger partial charge in [0.1, 0.15) is 5.75 Å². The minimum atomic E-state index is -2.41. The summed E-state index contributed by atoms with van der Waals surface area (Å²) in [5, 5.41) is 0. The SMILES string of the molecule is COc1ccc(C(F)F)c(C)c1. The molecule has 0 spiro atoms. The Morgan fingerprint density at radius 1 is 1.33 bits per heavy atom. The molecule has 0 amide bonds. The Hall–Kier alpha value is -1.12. The Kier molecular flexibility index (Phi) is 2.63. The van der Waals surface area contributed by atoms with Crippen LogP contribution in [0.15, 0.2) is 18.2 Å². The van der Waals surface area contributed by atoms with Crippen molar-refractivity contribution in [1.82, 2.24) is 0 Å². The van der Waals surface area contributed by atoms with E-state index in [2.05, 4.69) is 0 Å². The van der Waals surface area contributed by atoms with Crippen LogP contribution in [0.2, 0.25) is 0 Å². The summed E-state index contributed by atoms with van der Waals surface area (Å²) in [6.07, 6.45) is -2.41. The van der Waals surface area contributed by atoms with Crippen molar-refractivity contribution in [3.8, 4) is 5.75 Å². The van der Waals surface area contributed by atoms with Gasteiger partial charge >= 0.3 is 0 Å². The third-order valence-corrected chi connectivity index (χ3v) is 1.71. The van der Waals surface area contributed by atoms with Crippen LogP contribution in [0.4, 0.5) is 8.78 Å². The monoisotopic (exact) mass is 172 g/mol. The lowest BCUT2D eigenvalue weighted by Crippen LogP contribution is -1.90. The molecule has 0 saturated carbocycles. The maximum atomic E-state index is 12.2. The topological polar surface area (TPSA) is 9.23 Å². The number of hydrogen-bond donors (Lipinski definition) is 0. The molecule has 0 aliphatic carbocycles. The van der Waals surface area contributed by atoms with E-state index in [1.54, 1.807) is 13.0 Å². The predicted molar refractivity (Wildman–Crippen MR) is 42.7 cm³/mol. The molecule has 0 heterocycles. The number of methoxy groups -OCH3 is 1. The molecule has 0 aliphatic heterocycles. The zero-order chi connectivity index (χ0) is 9.14. The van der Waals surface area contributed by atoms with E-state index in [1.807, 2.05) is 0 Å². The quantitative estimate of drug-likeness (QED) is 0.666. The van der Waals surface area contributed by atoms with Gasteiger partial charge in [-0.15, -0.1) is 0 Å². The van der Waals surface area contributed by atoms with Gasteiger partial charge in [0.15, 0.2) is 0 Å². The molecule has 0 aromatic heterocycles. The smallest absolute Gasteiger partial charge is 0.264 e. The molecular formula is C9H10F2O. The molecule has 0 atom stereocenters. The Balaban J connectivity index is 3.03. The molecular weight excluding hydrogens is 162 g/mol. The molecule has 1 aromatic rings. The summed E-state index contributed by atoms with van der Waals surface area (Å²) < 4.78 is 29.3. The van der Waals surface area contributed by atoms with Gasteiger partial charge in [-0.3, -0.25) is 0 Å². The lowest BCUT2D eigenvalue weighted by molar-refractivity contribution is 0.150. The van der Waals surface area contributed by atoms with E-state index in [0.29, 0.717) is 11.3 Å². The average molecular weight is 172 g/mol. The number of benzene rings is 1. The molecule has 1 nitrogen and oxygen atoms in total. The first-order chi connectivity index (χ1) is 5.65. The Morgan fingerprint density at radius 3 is 2.42 bits per heavy atom. The van der Waals surface area contributed by atoms with Gasteiger partial charge in [0.25, 0.3) is 6.43 Å². The number of hydrogen-bond acceptors (Lipinski definition) is 1. The summed E-state index contributed by atoms with van der Waals surface area (Å²) >= 11 is 0. The Labute approximate surface area is 70.0 Å². The normalized spacial score (nSPS) is 10.4. The summed E-state index contributed by atoms with van der Waals surface area (Å²) in [5.74, 6) is 0.608. The molecule has 12 heavy (non-hydrogen) atoms. The van der Waals surface area contributed by atoms with Crippen LogP contribution in [0.5, 0.6) is 5.75 Å². The predicted octanol–water partition coefficient (Wildman–Crippen LogP) is 2.94. The van der Waals surface area contributed by atoms with E-state index < -0.39 is 6.43 Å². The fourth-order valence-electron chi connectivity index (χ4n) is 1.02. The highest BCUT2D eigenvalue weighted by molar-refractivity contribution is 5.35. The zero-order valence-corrected chi connectivity index (χ0v) is 6.97. The second-order valence-corrected chi connectivity index (χ2v) is 2.52. The van der Waals surface area contributed by atoms with Crippen molar-refractivity contribution < 1.29 is 13.5 Å². The van der Waals surface area contributed by atoms with Gasteiger partial charge in [-0.05, 0) is 30.7 Å². The second-order valence-electron chi connectivity index (χ2n) is 2.52. The molecule has 0 aliphatic rings. The van der Waals surface area contributed by atoms with Gasteiger partial charge in [0.05, 0.1) is 7.11 Å². The minimum absolute atomic E-state index is 0.0656. The fraction of sp³-hybridized carbons (Fsp3) is 0.333. The van der Waals surface area contributed by atoms with Crippen LogP contribution in [0.1, 0.15) is 17.6 Å². The third-order valence-electron chi connectivity index (χ3n) is 1.71. The van der Waals surface area contributed by atoms with Crippen LogP contribution in [-0.2, 0) is 0 Å². The molecule has 0 saturated heterocycles. The van der Waals surface area contributed by atoms with Gasteiger partial charge in [-0.2, -0.15) is 0 Å². The highest BCUT2D eigenvalue weighted by Crippen LogP contribution is 2.25. The van der Waals surface area contributed by atoms with E-state index in [-0.39, 0.29) is 5.56 Å². The average Bonchev–Trinajstić information content (AvgIpc) is 2.03. The first kappa shape index (κ1) is 8.97. The van der Waals surface area contributed by atoms with Crippen molar-refractivity contribution >= 4 is 0 Å². The van der Waals surface area contributed by atoms with Gasteiger partial charge < -0.3 is 4.74 Å². The van der Waals surface area contributed by atoms with E-state index in [9.17, 15) is 8.78 Å². The van der Waals surface area contributed by atoms with Crippen LogP contribution in [0.25, 0.3) is 0 Å². The van der Waals surface area contributed by atoms with Crippen molar-refractivity contribution in [2.24, 2.45) is 0 Å². The molecule has 66 valence electrons. The zero-order valence-electron chi connectivity index (χ0n) is 6.97. The van der Waals surface area contributed by atoms with Crippen LogP contribution in [0, 0.1) is 6.92 Å². The van der Waals surface area contributed by atoms with Crippen LogP contribution >= 0.6 is 0 Å². The largest absolute Gasteiger partial charge is 0.497 e. The summed E-state index contributed by atoms with van der Waals surface area (Å²) in [6, 6.07) is 4.52. The maximum absolute atomic E-state index is 12.2. The second kappa shape index (κ2) is 3.52. The number of rotatable bonds is 2. The molecule has 0 fully saturated rings. The van der Waals surface area contributed by atoms with Crippen molar-refractivity contribution in [2.75, 3.05) is 7.11 Å². The summed E-state index contributed by atoms with van der Waals surface area (Å²) in [6.45, 7) is 1.64. The molecule has 1 rings (SSSR count). The van der Waals surface area contributed by atoms with Gasteiger partial charge in [0.2, 0.25) is 0 Å². The summed E-state index contributed by atoms with van der Waals surface area (Å²) in [4.78, 5) is 0. The van der Waals surface area contributed by atoms with Gasteiger partial charge in [-0.1, -0.05) is 0 Å². The first-order valence-corrected chi connectivity index (χ1v) is 3.58. The Morgan fingerprint density at radius 2 is 2.00 bits per heavy atom. The first-order valence-electron chi connectivity index (χ1n) is 3.58. The van der Waals surface area contributed by atoms with Crippen molar-refractivity contribution in [1.29, 1.82) is 0 Å². The van der Waals surface area contributed by atoms with Crippen molar-refractivity contribution in [2.45, 2.75) is 13.3 Å². The molecule has 0 radical (unpaired) electrons. The van der Waals surface area contributed by atoms with Crippen molar-refractivity contribution in [3.63, 3.8) is 0 Å². The van der Waals surface area contributed by atoms with Crippen LogP contribution in [-0.4, -0.2) is 7.11 Å². The third kappa shape index (κ3) is 1.72. The highest BCUT2D eigenvalue weighted by atomic mass is 19.3. The number of ether oxygens (including phenoxy) is 1. The number of halogens is 2. The number of aryl methyl sites for hydroxylation is 1. The molecule has 0 bridgehead atoms.